The number of anilines is 2. The van der Waals surface area contributed by atoms with Crippen LogP contribution >= 0.6 is 0 Å². The summed E-state index contributed by atoms with van der Waals surface area (Å²) in [6, 6.07) is 7.43. The number of carbonyl (C=O) groups is 1. The molecule has 0 unspecified atom stereocenters. The molecule has 2 rings (SSSR count). The number of aliphatic hydroxyl groups is 1. The maximum Gasteiger partial charge on any atom is 0.284 e. The van der Waals surface area contributed by atoms with Gasteiger partial charge in [0.15, 0.2) is 5.83 Å². The Labute approximate surface area is 130 Å². The Balaban J connectivity index is 2.14. The number of amides is 1. The Kier molecular flexibility index (Phi) is 5.55. The molecule has 5 heteroatoms. The standard InChI is InChI=1S/C17H23FN2O2/c1-12(2)16(18)17(22)19-14-5-3-4-6-15(14)20-9-7-13(11-21)8-10-20/h3-6,13,21H,7-11H2,1-2H3,(H,19,22). The van der Waals surface area contributed by atoms with Crippen LogP contribution in [0, 0.1) is 5.92 Å². The zero-order chi connectivity index (χ0) is 16.1. The third-order valence-corrected chi connectivity index (χ3v) is 4.00. The largest absolute Gasteiger partial charge is 0.396 e. The molecule has 0 atom stereocenters. The quantitative estimate of drug-likeness (QED) is 0.841. The molecule has 0 bridgehead atoms. The number of hydrogen-bond donors (Lipinski definition) is 2. The van der Waals surface area contributed by atoms with Crippen LogP contribution in [0.25, 0.3) is 0 Å². The van der Waals surface area contributed by atoms with Gasteiger partial charge in [-0.1, -0.05) is 12.1 Å². The van der Waals surface area contributed by atoms with Gasteiger partial charge in [-0.2, -0.15) is 0 Å². The van der Waals surface area contributed by atoms with Crippen LogP contribution in [0.15, 0.2) is 35.7 Å². The van der Waals surface area contributed by atoms with E-state index < -0.39 is 11.7 Å². The second kappa shape index (κ2) is 7.40. The van der Waals surface area contributed by atoms with Crippen molar-refractivity contribution in [3.8, 4) is 0 Å². The second-order valence-electron chi connectivity index (χ2n) is 5.90. The number of hydrogen-bond acceptors (Lipinski definition) is 3. The van der Waals surface area contributed by atoms with Crippen molar-refractivity contribution in [3.05, 3.63) is 35.7 Å². The fourth-order valence-corrected chi connectivity index (χ4v) is 2.62. The minimum Gasteiger partial charge on any atom is -0.396 e. The summed E-state index contributed by atoms with van der Waals surface area (Å²) in [4.78, 5) is 14.1. The zero-order valence-electron chi connectivity index (χ0n) is 13.1. The molecule has 0 aliphatic carbocycles. The number of rotatable bonds is 4. The lowest BCUT2D eigenvalue weighted by molar-refractivity contribution is -0.114. The smallest absolute Gasteiger partial charge is 0.284 e. The molecule has 1 amide bonds. The molecular weight excluding hydrogens is 283 g/mol. The van der Waals surface area contributed by atoms with Gasteiger partial charge < -0.3 is 15.3 Å². The number of para-hydroxylation sites is 2. The SMILES string of the molecule is CC(C)=C(F)C(=O)Nc1ccccc1N1CCC(CO)CC1. The van der Waals surface area contributed by atoms with Crippen LogP contribution in [0.3, 0.4) is 0 Å². The van der Waals surface area contributed by atoms with E-state index in [4.69, 9.17) is 0 Å². The average Bonchev–Trinajstić information content (AvgIpc) is 2.54. The van der Waals surface area contributed by atoms with Gasteiger partial charge in [0.1, 0.15) is 0 Å². The number of halogens is 1. The maximum atomic E-state index is 13.7. The van der Waals surface area contributed by atoms with Crippen LogP contribution in [0.2, 0.25) is 0 Å². The van der Waals surface area contributed by atoms with Crippen molar-refractivity contribution in [1.82, 2.24) is 0 Å². The van der Waals surface area contributed by atoms with E-state index in [-0.39, 0.29) is 6.61 Å². The fourth-order valence-electron chi connectivity index (χ4n) is 2.62. The summed E-state index contributed by atoms with van der Waals surface area (Å²) >= 11 is 0. The molecule has 0 saturated carbocycles. The van der Waals surface area contributed by atoms with Crippen LogP contribution in [0.1, 0.15) is 26.7 Å². The zero-order valence-corrected chi connectivity index (χ0v) is 13.1. The van der Waals surface area contributed by atoms with E-state index in [1.54, 1.807) is 19.9 Å². The molecule has 1 fully saturated rings. The first-order valence-electron chi connectivity index (χ1n) is 7.62. The van der Waals surface area contributed by atoms with Gasteiger partial charge >= 0.3 is 0 Å². The molecule has 1 aliphatic rings. The van der Waals surface area contributed by atoms with Crippen LogP contribution < -0.4 is 10.2 Å². The maximum absolute atomic E-state index is 13.7. The Morgan fingerprint density at radius 2 is 1.95 bits per heavy atom. The van der Waals surface area contributed by atoms with E-state index in [1.165, 1.54) is 0 Å². The third-order valence-electron chi connectivity index (χ3n) is 4.00. The minimum atomic E-state index is -0.742. The van der Waals surface area contributed by atoms with Gasteiger partial charge in [-0.05, 0) is 50.3 Å². The monoisotopic (exact) mass is 306 g/mol. The van der Waals surface area contributed by atoms with Crippen molar-refractivity contribution >= 4 is 17.3 Å². The summed E-state index contributed by atoms with van der Waals surface area (Å²) in [6.45, 7) is 5.01. The molecule has 2 N–H and O–H groups in total. The minimum absolute atomic E-state index is 0.220. The molecule has 1 aliphatic heterocycles. The van der Waals surface area contributed by atoms with E-state index >= 15 is 0 Å². The molecule has 1 aromatic rings. The number of carbonyl (C=O) groups excluding carboxylic acids is 1. The van der Waals surface area contributed by atoms with Crippen LogP contribution in [-0.4, -0.2) is 30.7 Å². The topological polar surface area (TPSA) is 52.6 Å². The number of piperidine rings is 1. The summed E-state index contributed by atoms with van der Waals surface area (Å²) in [6.07, 6.45) is 1.84. The first-order chi connectivity index (χ1) is 10.5. The van der Waals surface area contributed by atoms with Gasteiger partial charge in [0.2, 0.25) is 0 Å². The second-order valence-corrected chi connectivity index (χ2v) is 5.90. The number of allylic oxidation sites excluding steroid dienone is 1. The molecule has 1 heterocycles. The van der Waals surface area contributed by atoms with Gasteiger partial charge in [-0.15, -0.1) is 0 Å². The molecule has 0 radical (unpaired) electrons. The molecule has 4 nitrogen and oxygen atoms in total. The van der Waals surface area contributed by atoms with Crippen molar-refractivity contribution in [2.75, 3.05) is 29.9 Å². The fraction of sp³-hybridized carbons (Fsp3) is 0.471. The van der Waals surface area contributed by atoms with E-state index in [2.05, 4.69) is 10.2 Å². The van der Waals surface area contributed by atoms with E-state index in [0.717, 1.165) is 31.6 Å². The lowest BCUT2D eigenvalue weighted by Gasteiger charge is -2.34. The molecular formula is C17H23FN2O2. The summed E-state index contributed by atoms with van der Waals surface area (Å²) in [5.74, 6) is -1.10. The average molecular weight is 306 g/mol. The van der Waals surface area contributed by atoms with Crippen molar-refractivity contribution in [3.63, 3.8) is 0 Å². The number of nitrogens with zero attached hydrogens (tertiary/aromatic N) is 1. The Morgan fingerprint density at radius 3 is 2.55 bits per heavy atom. The van der Waals surface area contributed by atoms with Crippen LogP contribution in [-0.2, 0) is 4.79 Å². The number of aliphatic hydroxyl groups excluding tert-OH is 1. The van der Waals surface area contributed by atoms with Crippen LogP contribution in [0.4, 0.5) is 15.8 Å². The molecule has 120 valence electrons. The van der Waals surface area contributed by atoms with Gasteiger partial charge in [-0.25, -0.2) is 4.39 Å². The summed E-state index contributed by atoms with van der Waals surface area (Å²) in [5.41, 5.74) is 1.87. The number of benzene rings is 1. The van der Waals surface area contributed by atoms with Crippen LogP contribution in [0.5, 0.6) is 0 Å². The highest BCUT2D eigenvalue weighted by Crippen LogP contribution is 2.30. The van der Waals surface area contributed by atoms with Gasteiger partial charge in [0.05, 0.1) is 11.4 Å². The summed E-state index contributed by atoms with van der Waals surface area (Å²) < 4.78 is 13.7. The lowest BCUT2D eigenvalue weighted by Crippen LogP contribution is -2.35. The molecule has 1 saturated heterocycles. The summed E-state index contributed by atoms with van der Waals surface area (Å²) in [5, 5.41) is 11.9. The first kappa shape index (κ1) is 16.5. The third kappa shape index (κ3) is 3.85. The number of nitrogens with one attached hydrogen (secondary N) is 1. The molecule has 0 spiro atoms. The lowest BCUT2D eigenvalue weighted by atomic mass is 9.97. The predicted molar refractivity (Wildman–Crippen MR) is 86.6 cm³/mol. The molecule has 1 aromatic carbocycles. The Morgan fingerprint density at radius 1 is 1.32 bits per heavy atom. The van der Waals surface area contributed by atoms with Gasteiger partial charge in [0.25, 0.3) is 5.91 Å². The Bertz CT molecular complexity index is 560. The van der Waals surface area contributed by atoms with Gasteiger partial charge in [0, 0.05) is 19.7 Å². The van der Waals surface area contributed by atoms with Crippen molar-refractivity contribution in [1.29, 1.82) is 0 Å². The van der Waals surface area contributed by atoms with Crippen molar-refractivity contribution in [2.45, 2.75) is 26.7 Å². The highest BCUT2D eigenvalue weighted by atomic mass is 19.1. The van der Waals surface area contributed by atoms with Gasteiger partial charge in [-0.3, -0.25) is 4.79 Å². The van der Waals surface area contributed by atoms with E-state index in [1.807, 2.05) is 18.2 Å². The summed E-state index contributed by atoms with van der Waals surface area (Å²) in [7, 11) is 0. The van der Waals surface area contributed by atoms with Crippen molar-refractivity contribution < 1.29 is 14.3 Å². The first-order valence-corrected chi connectivity index (χ1v) is 7.62. The molecule has 22 heavy (non-hydrogen) atoms. The molecule has 0 aromatic heterocycles. The normalized spacial score (nSPS) is 15.5. The Hall–Kier alpha value is -1.88. The van der Waals surface area contributed by atoms with E-state index in [9.17, 15) is 14.3 Å². The predicted octanol–water partition coefficient (Wildman–Crippen LogP) is 3.10. The highest BCUT2D eigenvalue weighted by molar-refractivity contribution is 6.04. The van der Waals surface area contributed by atoms with E-state index in [0.29, 0.717) is 17.2 Å². The van der Waals surface area contributed by atoms with Crippen molar-refractivity contribution in [2.24, 2.45) is 5.92 Å². The highest BCUT2D eigenvalue weighted by Gasteiger charge is 2.21.